The molecule has 8 heteroatoms. The first-order valence-electron chi connectivity index (χ1n) is 10.3. The SMILES string of the molecule is C[C@@H](OCc1ccccc1)[C@@H]1NC(=O)[C@H]2CN(C(=O)c3ccc(F)cc3)CCN2C1=O. The van der Waals surface area contributed by atoms with Gasteiger partial charge < -0.3 is 19.9 Å². The quantitative estimate of drug-likeness (QED) is 0.789. The standard InChI is InChI=1S/C23H24FN3O4/c1-15(31-14-16-5-3-2-4-6-16)20-23(30)27-12-11-26(13-19(27)21(28)25-20)22(29)17-7-9-18(24)10-8-17/h2-10,15,19-20H,11-14H2,1H3,(H,25,28)/t15-,19-,20+/m1/s1. The highest BCUT2D eigenvalue weighted by Gasteiger charge is 2.46. The Morgan fingerprint density at radius 3 is 2.55 bits per heavy atom. The largest absolute Gasteiger partial charge is 0.371 e. The second kappa shape index (κ2) is 8.85. The van der Waals surface area contributed by atoms with Crippen LogP contribution in [-0.2, 0) is 20.9 Å². The number of carbonyl (C=O) groups excluding carboxylic acids is 3. The first kappa shape index (κ1) is 21.0. The molecule has 2 aromatic rings. The number of benzene rings is 2. The van der Waals surface area contributed by atoms with Gasteiger partial charge in [-0.1, -0.05) is 30.3 Å². The number of nitrogens with one attached hydrogen (secondary N) is 1. The summed E-state index contributed by atoms with van der Waals surface area (Å²) in [5.41, 5.74) is 1.33. The number of fused-ring (bicyclic) bond motifs is 1. The molecule has 2 aliphatic heterocycles. The normalized spacial score (nSPS) is 22.0. The molecule has 0 saturated carbocycles. The van der Waals surface area contributed by atoms with E-state index in [1.165, 1.54) is 34.1 Å². The van der Waals surface area contributed by atoms with Crippen molar-refractivity contribution in [1.29, 1.82) is 0 Å². The zero-order valence-electron chi connectivity index (χ0n) is 17.2. The lowest BCUT2D eigenvalue weighted by molar-refractivity contribution is -0.156. The Morgan fingerprint density at radius 1 is 1.13 bits per heavy atom. The van der Waals surface area contributed by atoms with E-state index < -0.39 is 24.0 Å². The summed E-state index contributed by atoms with van der Waals surface area (Å²) in [6, 6.07) is 13.4. The van der Waals surface area contributed by atoms with Crippen molar-refractivity contribution in [3.63, 3.8) is 0 Å². The van der Waals surface area contributed by atoms with Gasteiger partial charge in [0.15, 0.2) is 0 Å². The Bertz CT molecular complexity index is 967. The lowest BCUT2D eigenvalue weighted by Gasteiger charge is -2.46. The zero-order chi connectivity index (χ0) is 22.0. The van der Waals surface area contributed by atoms with Crippen molar-refractivity contribution < 1.29 is 23.5 Å². The number of hydrogen-bond donors (Lipinski definition) is 1. The number of nitrogens with zero attached hydrogens (tertiary/aromatic N) is 2. The summed E-state index contributed by atoms with van der Waals surface area (Å²) in [6.07, 6.45) is -0.503. The van der Waals surface area contributed by atoms with Crippen LogP contribution in [0.25, 0.3) is 0 Å². The highest BCUT2D eigenvalue weighted by molar-refractivity contribution is 5.99. The molecule has 0 spiro atoms. The number of rotatable bonds is 5. The van der Waals surface area contributed by atoms with E-state index >= 15 is 0 Å². The maximum Gasteiger partial charge on any atom is 0.254 e. The van der Waals surface area contributed by atoms with Crippen molar-refractivity contribution in [2.24, 2.45) is 0 Å². The van der Waals surface area contributed by atoms with Crippen LogP contribution >= 0.6 is 0 Å². The maximum atomic E-state index is 13.1. The second-order valence-corrected chi connectivity index (χ2v) is 7.79. The van der Waals surface area contributed by atoms with Crippen LogP contribution in [0.2, 0.25) is 0 Å². The summed E-state index contributed by atoms with van der Waals surface area (Å²) in [7, 11) is 0. The van der Waals surface area contributed by atoms with Crippen LogP contribution in [0.1, 0.15) is 22.8 Å². The molecule has 0 aromatic heterocycles. The molecule has 0 radical (unpaired) electrons. The minimum Gasteiger partial charge on any atom is -0.371 e. The molecular formula is C23H24FN3O4. The molecular weight excluding hydrogens is 401 g/mol. The lowest BCUT2D eigenvalue weighted by atomic mass is 10.0. The minimum atomic E-state index is -0.771. The fourth-order valence-electron chi connectivity index (χ4n) is 3.94. The van der Waals surface area contributed by atoms with Crippen LogP contribution < -0.4 is 5.32 Å². The van der Waals surface area contributed by atoms with Crippen LogP contribution in [0.4, 0.5) is 4.39 Å². The Morgan fingerprint density at radius 2 is 1.84 bits per heavy atom. The number of amides is 3. The van der Waals surface area contributed by atoms with Gasteiger partial charge in [-0.2, -0.15) is 0 Å². The average Bonchev–Trinajstić information content (AvgIpc) is 2.80. The molecule has 2 fully saturated rings. The van der Waals surface area contributed by atoms with E-state index in [1.54, 1.807) is 6.92 Å². The number of hydrogen-bond acceptors (Lipinski definition) is 4. The molecule has 162 valence electrons. The maximum absolute atomic E-state index is 13.1. The van der Waals surface area contributed by atoms with E-state index in [2.05, 4.69) is 5.32 Å². The van der Waals surface area contributed by atoms with Gasteiger partial charge in [0.2, 0.25) is 11.8 Å². The molecule has 4 rings (SSSR count). The summed E-state index contributed by atoms with van der Waals surface area (Å²) >= 11 is 0. The molecule has 2 aliphatic rings. The van der Waals surface area contributed by atoms with Gasteiger partial charge in [-0.05, 0) is 36.8 Å². The molecule has 3 amide bonds. The molecule has 0 bridgehead atoms. The fourth-order valence-corrected chi connectivity index (χ4v) is 3.94. The van der Waals surface area contributed by atoms with Crippen LogP contribution in [0.5, 0.6) is 0 Å². The third-order valence-electron chi connectivity index (χ3n) is 5.73. The van der Waals surface area contributed by atoms with Crippen molar-refractivity contribution in [1.82, 2.24) is 15.1 Å². The summed E-state index contributed by atoms with van der Waals surface area (Å²) in [5.74, 6) is -1.23. The fraction of sp³-hybridized carbons (Fsp3) is 0.348. The van der Waals surface area contributed by atoms with Crippen molar-refractivity contribution in [3.8, 4) is 0 Å². The van der Waals surface area contributed by atoms with Gasteiger partial charge >= 0.3 is 0 Å². The Kier molecular flexibility index (Phi) is 5.99. The molecule has 2 heterocycles. The van der Waals surface area contributed by atoms with Crippen molar-refractivity contribution >= 4 is 17.7 Å². The molecule has 2 saturated heterocycles. The van der Waals surface area contributed by atoms with Gasteiger partial charge in [0.1, 0.15) is 17.9 Å². The smallest absolute Gasteiger partial charge is 0.254 e. The zero-order valence-corrected chi connectivity index (χ0v) is 17.2. The molecule has 1 N–H and O–H groups in total. The number of ether oxygens (including phenoxy) is 1. The van der Waals surface area contributed by atoms with Crippen molar-refractivity contribution in [3.05, 3.63) is 71.5 Å². The topological polar surface area (TPSA) is 79.0 Å². The lowest BCUT2D eigenvalue weighted by Crippen LogP contribution is -2.71. The number of halogens is 1. The minimum absolute atomic E-state index is 0.0970. The van der Waals surface area contributed by atoms with E-state index in [0.29, 0.717) is 18.7 Å². The summed E-state index contributed by atoms with van der Waals surface area (Å²) in [6.45, 7) is 2.76. The highest BCUT2D eigenvalue weighted by Crippen LogP contribution is 2.21. The van der Waals surface area contributed by atoms with E-state index in [9.17, 15) is 18.8 Å². The van der Waals surface area contributed by atoms with Gasteiger partial charge in [-0.3, -0.25) is 14.4 Å². The molecule has 0 aliphatic carbocycles. The number of piperazine rings is 2. The van der Waals surface area contributed by atoms with Crippen LogP contribution in [0, 0.1) is 5.82 Å². The van der Waals surface area contributed by atoms with E-state index in [-0.39, 0.29) is 30.8 Å². The Labute approximate surface area is 179 Å². The monoisotopic (exact) mass is 425 g/mol. The van der Waals surface area contributed by atoms with Gasteiger partial charge in [0.25, 0.3) is 5.91 Å². The van der Waals surface area contributed by atoms with Crippen LogP contribution in [-0.4, -0.2) is 65.3 Å². The first-order valence-corrected chi connectivity index (χ1v) is 10.3. The third-order valence-corrected chi connectivity index (χ3v) is 5.73. The second-order valence-electron chi connectivity index (χ2n) is 7.79. The number of carbonyl (C=O) groups is 3. The summed E-state index contributed by atoms with van der Waals surface area (Å²) in [4.78, 5) is 41.6. The predicted molar refractivity (Wildman–Crippen MR) is 110 cm³/mol. The van der Waals surface area contributed by atoms with Crippen molar-refractivity contribution in [2.45, 2.75) is 31.7 Å². The first-order chi connectivity index (χ1) is 14.9. The van der Waals surface area contributed by atoms with Gasteiger partial charge in [0, 0.05) is 18.7 Å². The Balaban J connectivity index is 1.39. The van der Waals surface area contributed by atoms with Crippen LogP contribution in [0.15, 0.2) is 54.6 Å². The van der Waals surface area contributed by atoms with E-state index in [0.717, 1.165) is 5.56 Å². The molecule has 0 unspecified atom stereocenters. The van der Waals surface area contributed by atoms with Gasteiger partial charge in [-0.25, -0.2) is 4.39 Å². The molecule has 7 nitrogen and oxygen atoms in total. The molecule has 2 aromatic carbocycles. The highest BCUT2D eigenvalue weighted by atomic mass is 19.1. The predicted octanol–water partition coefficient (Wildman–Crippen LogP) is 1.58. The van der Waals surface area contributed by atoms with E-state index in [1.807, 2.05) is 30.3 Å². The average molecular weight is 425 g/mol. The van der Waals surface area contributed by atoms with Crippen molar-refractivity contribution in [2.75, 3.05) is 19.6 Å². The Hall–Kier alpha value is -3.26. The molecule has 3 atom stereocenters. The summed E-state index contributed by atoms with van der Waals surface area (Å²) < 4.78 is 19.0. The molecule has 31 heavy (non-hydrogen) atoms. The van der Waals surface area contributed by atoms with Crippen LogP contribution in [0.3, 0.4) is 0 Å². The van der Waals surface area contributed by atoms with E-state index in [4.69, 9.17) is 4.74 Å². The van der Waals surface area contributed by atoms with Gasteiger partial charge in [0.05, 0.1) is 19.3 Å². The van der Waals surface area contributed by atoms with Gasteiger partial charge in [-0.15, -0.1) is 0 Å². The summed E-state index contributed by atoms with van der Waals surface area (Å²) in [5, 5.41) is 2.77. The third kappa shape index (κ3) is 4.44.